The van der Waals surface area contributed by atoms with Gasteiger partial charge >= 0.3 is 5.97 Å². The van der Waals surface area contributed by atoms with Crippen LogP contribution in [0.2, 0.25) is 0 Å². The van der Waals surface area contributed by atoms with Crippen molar-refractivity contribution in [2.75, 3.05) is 0 Å². The van der Waals surface area contributed by atoms with E-state index < -0.39 is 0 Å². The van der Waals surface area contributed by atoms with E-state index in [4.69, 9.17) is 4.74 Å². The number of aromatic nitrogens is 4. The Morgan fingerprint density at radius 1 is 1.19 bits per heavy atom. The van der Waals surface area contributed by atoms with Crippen LogP contribution in [0.3, 0.4) is 0 Å². The number of benzene rings is 1. The maximum atomic E-state index is 12.4. The zero-order valence-corrected chi connectivity index (χ0v) is 16.1. The summed E-state index contributed by atoms with van der Waals surface area (Å²) in [6.07, 6.45) is 3.03. The second kappa shape index (κ2) is 7.34. The van der Waals surface area contributed by atoms with Gasteiger partial charge in [-0.1, -0.05) is 45.0 Å². The third-order valence-electron chi connectivity index (χ3n) is 4.49. The molecule has 2 aromatic heterocycles. The summed E-state index contributed by atoms with van der Waals surface area (Å²) >= 11 is 0. The molecule has 7 nitrogen and oxygen atoms in total. The Balaban J connectivity index is 1.56. The molecule has 3 aromatic rings. The van der Waals surface area contributed by atoms with Gasteiger partial charge < -0.3 is 4.74 Å². The van der Waals surface area contributed by atoms with Crippen LogP contribution in [0, 0.1) is 0 Å². The summed E-state index contributed by atoms with van der Waals surface area (Å²) in [4.78, 5) is 28.6. The van der Waals surface area contributed by atoms with Gasteiger partial charge in [0.25, 0.3) is 5.56 Å². The minimum atomic E-state index is -0.354. The molecule has 0 aliphatic carbocycles. The number of carbonyl (C=O) groups excluding carboxylic acids is 1. The first-order chi connectivity index (χ1) is 12.8. The predicted octanol–water partition coefficient (Wildman–Crippen LogP) is 2.56. The van der Waals surface area contributed by atoms with Crippen molar-refractivity contribution in [1.82, 2.24) is 19.3 Å². The van der Waals surface area contributed by atoms with E-state index in [0.717, 1.165) is 5.56 Å². The Bertz CT molecular complexity index is 1010. The van der Waals surface area contributed by atoms with Crippen molar-refractivity contribution in [3.8, 4) is 0 Å². The van der Waals surface area contributed by atoms with E-state index in [2.05, 4.69) is 43.0 Å². The largest absolute Gasteiger partial charge is 0.461 e. The molecule has 0 aliphatic heterocycles. The van der Waals surface area contributed by atoms with Crippen molar-refractivity contribution < 1.29 is 9.53 Å². The van der Waals surface area contributed by atoms with E-state index in [1.54, 1.807) is 11.7 Å². The summed E-state index contributed by atoms with van der Waals surface area (Å²) in [6, 6.07) is 8.05. The zero-order chi connectivity index (χ0) is 19.6. The number of nitrogens with zero attached hydrogens (tertiary/aromatic N) is 4. The summed E-state index contributed by atoms with van der Waals surface area (Å²) < 4.78 is 8.26. The van der Waals surface area contributed by atoms with Crippen LogP contribution in [0.25, 0.3) is 11.0 Å². The van der Waals surface area contributed by atoms with Gasteiger partial charge in [-0.15, -0.1) is 0 Å². The predicted molar refractivity (Wildman–Crippen MR) is 102 cm³/mol. The van der Waals surface area contributed by atoms with E-state index >= 15 is 0 Å². The monoisotopic (exact) mass is 368 g/mol. The minimum Gasteiger partial charge on any atom is -0.461 e. The lowest BCUT2D eigenvalue weighted by Crippen LogP contribution is -2.22. The molecule has 7 heteroatoms. The Kier molecular flexibility index (Phi) is 5.12. The fraction of sp³-hybridized carbons (Fsp3) is 0.400. The Hall–Kier alpha value is -2.96. The maximum absolute atomic E-state index is 12.4. The smallest absolute Gasteiger partial charge is 0.307 e. The number of aryl methyl sites for hydroxylation is 2. The van der Waals surface area contributed by atoms with Gasteiger partial charge in [-0.25, -0.2) is 4.98 Å². The molecule has 0 saturated heterocycles. The van der Waals surface area contributed by atoms with E-state index in [0.29, 0.717) is 11.0 Å². The molecule has 0 atom stereocenters. The molecule has 142 valence electrons. The van der Waals surface area contributed by atoms with Gasteiger partial charge in [0.05, 0.1) is 18.9 Å². The zero-order valence-electron chi connectivity index (χ0n) is 16.1. The molecular formula is C20H24N4O3. The van der Waals surface area contributed by atoms with Gasteiger partial charge in [-0.05, 0) is 16.5 Å². The molecule has 0 spiro atoms. The first-order valence-corrected chi connectivity index (χ1v) is 8.88. The third-order valence-corrected chi connectivity index (χ3v) is 4.49. The molecule has 0 saturated carbocycles. The number of hydrogen-bond donors (Lipinski definition) is 0. The highest BCUT2D eigenvalue weighted by Crippen LogP contribution is 2.22. The molecule has 0 aliphatic rings. The van der Waals surface area contributed by atoms with Crippen molar-refractivity contribution in [3.63, 3.8) is 0 Å². The first-order valence-electron chi connectivity index (χ1n) is 8.88. The van der Waals surface area contributed by atoms with E-state index in [1.165, 1.54) is 22.7 Å². The Morgan fingerprint density at radius 2 is 1.89 bits per heavy atom. The number of esters is 1. The second-order valence-corrected chi connectivity index (χ2v) is 7.61. The Morgan fingerprint density at radius 3 is 2.56 bits per heavy atom. The van der Waals surface area contributed by atoms with Crippen LogP contribution in [0.4, 0.5) is 0 Å². The lowest BCUT2D eigenvalue weighted by molar-refractivity contribution is -0.145. The number of fused-ring (bicyclic) bond motifs is 1. The van der Waals surface area contributed by atoms with Crippen molar-refractivity contribution in [1.29, 1.82) is 0 Å². The summed E-state index contributed by atoms with van der Waals surface area (Å²) in [6.45, 7) is 6.90. The third kappa shape index (κ3) is 4.24. The molecule has 0 radical (unpaired) electrons. The van der Waals surface area contributed by atoms with E-state index in [9.17, 15) is 9.59 Å². The molecule has 0 amide bonds. The summed E-state index contributed by atoms with van der Waals surface area (Å²) in [5.41, 5.74) is 2.57. The number of carbonyl (C=O) groups is 1. The SMILES string of the molecule is Cn1ncc2c(=O)n(CCC(=O)OCc3ccc(C(C)(C)C)cc3)cnc21. The van der Waals surface area contributed by atoms with E-state index in [1.807, 2.05) is 12.1 Å². The van der Waals surface area contributed by atoms with Crippen LogP contribution in [0.5, 0.6) is 0 Å². The van der Waals surface area contributed by atoms with Crippen molar-refractivity contribution in [2.24, 2.45) is 7.05 Å². The molecule has 27 heavy (non-hydrogen) atoms. The van der Waals surface area contributed by atoms with Crippen molar-refractivity contribution in [3.05, 3.63) is 58.3 Å². The van der Waals surface area contributed by atoms with Gasteiger partial charge in [0.1, 0.15) is 12.0 Å². The molecule has 0 N–H and O–H groups in total. The highest BCUT2D eigenvalue weighted by atomic mass is 16.5. The quantitative estimate of drug-likeness (QED) is 0.647. The molecule has 0 fully saturated rings. The summed E-state index contributed by atoms with van der Waals surface area (Å²) in [5, 5.41) is 4.46. The lowest BCUT2D eigenvalue weighted by Gasteiger charge is -2.19. The van der Waals surface area contributed by atoms with Gasteiger partial charge in [-0.3, -0.25) is 18.8 Å². The van der Waals surface area contributed by atoms with E-state index in [-0.39, 0.29) is 36.5 Å². The average Bonchev–Trinajstić information content (AvgIpc) is 3.01. The maximum Gasteiger partial charge on any atom is 0.307 e. The molecule has 0 bridgehead atoms. The molecule has 1 aromatic carbocycles. The van der Waals surface area contributed by atoms with Crippen LogP contribution in [0.15, 0.2) is 41.6 Å². The normalized spacial score (nSPS) is 11.7. The van der Waals surface area contributed by atoms with Crippen LogP contribution in [-0.4, -0.2) is 25.3 Å². The van der Waals surface area contributed by atoms with Crippen LogP contribution >= 0.6 is 0 Å². The number of rotatable bonds is 5. The van der Waals surface area contributed by atoms with Gasteiger partial charge in [0.15, 0.2) is 5.65 Å². The van der Waals surface area contributed by atoms with Crippen molar-refractivity contribution >= 4 is 17.0 Å². The lowest BCUT2D eigenvalue weighted by atomic mass is 9.87. The second-order valence-electron chi connectivity index (χ2n) is 7.61. The van der Waals surface area contributed by atoms with Gasteiger partial charge in [-0.2, -0.15) is 5.10 Å². The Labute approximate surface area is 157 Å². The number of hydrogen-bond acceptors (Lipinski definition) is 5. The molecular weight excluding hydrogens is 344 g/mol. The van der Waals surface area contributed by atoms with Crippen LogP contribution in [-0.2, 0) is 35.1 Å². The standard InChI is InChI=1S/C20H24N4O3/c1-20(2,3)15-7-5-14(6-8-15)12-27-17(25)9-10-24-13-21-18-16(19(24)26)11-22-23(18)4/h5-8,11,13H,9-10,12H2,1-4H3. The summed E-state index contributed by atoms with van der Waals surface area (Å²) in [7, 11) is 1.73. The fourth-order valence-corrected chi connectivity index (χ4v) is 2.77. The van der Waals surface area contributed by atoms with Crippen molar-refractivity contribution in [2.45, 2.75) is 45.8 Å². The molecule has 0 unspecified atom stereocenters. The average molecular weight is 368 g/mol. The van der Waals surface area contributed by atoms with Gasteiger partial charge in [0.2, 0.25) is 0 Å². The van der Waals surface area contributed by atoms with Gasteiger partial charge in [0, 0.05) is 13.6 Å². The fourth-order valence-electron chi connectivity index (χ4n) is 2.77. The highest BCUT2D eigenvalue weighted by Gasteiger charge is 2.13. The molecule has 3 rings (SSSR count). The number of ether oxygens (including phenoxy) is 1. The minimum absolute atomic E-state index is 0.0892. The molecule has 2 heterocycles. The van der Waals surface area contributed by atoms with Crippen LogP contribution < -0.4 is 5.56 Å². The first kappa shape index (κ1) is 18.8. The van der Waals surface area contributed by atoms with Crippen LogP contribution in [0.1, 0.15) is 38.3 Å². The highest BCUT2D eigenvalue weighted by molar-refractivity contribution is 5.73. The summed E-state index contributed by atoms with van der Waals surface area (Å²) in [5.74, 6) is -0.354. The topological polar surface area (TPSA) is 79.0 Å².